The lowest BCUT2D eigenvalue weighted by atomic mass is 10.1. The number of nitrogens with zero attached hydrogens (tertiary/aromatic N) is 2. The summed E-state index contributed by atoms with van der Waals surface area (Å²) < 4.78 is 26.5. The number of piperidine rings is 1. The second-order valence-electron chi connectivity index (χ2n) is 5.09. The summed E-state index contributed by atoms with van der Waals surface area (Å²) in [7, 11) is -3.64. The molecule has 0 aliphatic carbocycles. The Morgan fingerprint density at radius 2 is 1.95 bits per heavy atom. The quantitative estimate of drug-likeness (QED) is 0.627. The topological polar surface area (TPSA) is 80.5 Å². The first-order valence-electron chi connectivity index (χ1n) is 6.61. The standard InChI is InChI=1S/C13H18N2O4S/c1-11-5-7-13(8-6-11)20(18,19)14-9-3-2-4-12(14)10-15(16)17/h5-8,12H,2-4,9-10H2,1H3. The third-order valence-corrected chi connectivity index (χ3v) is 5.53. The Balaban J connectivity index is 2.30. The van der Waals surface area contributed by atoms with Gasteiger partial charge in [0.2, 0.25) is 16.6 Å². The maximum absolute atomic E-state index is 12.6. The summed E-state index contributed by atoms with van der Waals surface area (Å²) in [5.41, 5.74) is 0.976. The summed E-state index contributed by atoms with van der Waals surface area (Å²) in [6, 6.07) is 6.05. The molecule has 1 fully saturated rings. The molecule has 0 saturated carbocycles. The first-order chi connectivity index (χ1) is 9.41. The van der Waals surface area contributed by atoms with Gasteiger partial charge in [-0.1, -0.05) is 24.1 Å². The van der Waals surface area contributed by atoms with Gasteiger partial charge in [-0.2, -0.15) is 4.31 Å². The fourth-order valence-electron chi connectivity index (χ4n) is 2.49. The average molecular weight is 298 g/mol. The predicted octanol–water partition coefficient (Wildman–Crippen LogP) is 1.81. The van der Waals surface area contributed by atoms with Crippen molar-refractivity contribution in [1.82, 2.24) is 4.31 Å². The molecule has 1 aliphatic rings. The van der Waals surface area contributed by atoms with Crippen molar-refractivity contribution in [3.05, 3.63) is 39.9 Å². The molecule has 0 aromatic heterocycles. The van der Waals surface area contributed by atoms with Crippen LogP contribution in [0, 0.1) is 17.0 Å². The number of hydrogen-bond donors (Lipinski definition) is 0. The molecule has 0 bridgehead atoms. The van der Waals surface area contributed by atoms with Crippen molar-refractivity contribution < 1.29 is 13.3 Å². The van der Waals surface area contributed by atoms with Crippen LogP contribution < -0.4 is 0 Å². The van der Waals surface area contributed by atoms with Gasteiger partial charge in [-0.15, -0.1) is 0 Å². The molecule has 1 aliphatic heterocycles. The smallest absolute Gasteiger partial charge is 0.243 e. The van der Waals surface area contributed by atoms with E-state index in [0.29, 0.717) is 13.0 Å². The molecule has 1 aromatic carbocycles. The van der Waals surface area contributed by atoms with E-state index in [4.69, 9.17) is 0 Å². The van der Waals surface area contributed by atoms with E-state index >= 15 is 0 Å². The lowest BCUT2D eigenvalue weighted by molar-refractivity contribution is -0.486. The number of nitro groups is 1. The molecule has 1 unspecified atom stereocenters. The highest BCUT2D eigenvalue weighted by atomic mass is 32.2. The van der Waals surface area contributed by atoms with Crippen LogP contribution in [0.2, 0.25) is 0 Å². The Labute approximate surface area is 118 Å². The van der Waals surface area contributed by atoms with E-state index in [9.17, 15) is 18.5 Å². The molecular formula is C13H18N2O4S. The molecule has 0 amide bonds. The van der Waals surface area contributed by atoms with Gasteiger partial charge in [-0.25, -0.2) is 8.42 Å². The van der Waals surface area contributed by atoms with E-state index in [2.05, 4.69) is 0 Å². The lowest BCUT2D eigenvalue weighted by Gasteiger charge is -2.32. The minimum atomic E-state index is -3.64. The molecule has 1 atom stereocenters. The molecule has 20 heavy (non-hydrogen) atoms. The Hall–Kier alpha value is -1.47. The van der Waals surface area contributed by atoms with Gasteiger partial charge in [0, 0.05) is 11.5 Å². The van der Waals surface area contributed by atoms with Crippen LogP contribution in [0.25, 0.3) is 0 Å². The second-order valence-corrected chi connectivity index (χ2v) is 6.98. The molecule has 0 spiro atoms. The monoisotopic (exact) mass is 298 g/mol. The minimum Gasteiger partial charge on any atom is -0.264 e. The van der Waals surface area contributed by atoms with Crippen molar-refractivity contribution in [2.45, 2.75) is 37.1 Å². The highest BCUT2D eigenvalue weighted by Crippen LogP contribution is 2.25. The van der Waals surface area contributed by atoms with E-state index in [1.807, 2.05) is 6.92 Å². The van der Waals surface area contributed by atoms with E-state index in [1.54, 1.807) is 24.3 Å². The summed E-state index contributed by atoms with van der Waals surface area (Å²) in [5, 5.41) is 10.7. The normalized spacial score (nSPS) is 20.8. The second kappa shape index (κ2) is 5.88. The van der Waals surface area contributed by atoms with Crippen LogP contribution in [-0.2, 0) is 10.0 Å². The zero-order chi connectivity index (χ0) is 14.8. The SMILES string of the molecule is Cc1ccc(S(=O)(=O)N2CCCCC2C[N+](=O)[O-])cc1. The lowest BCUT2D eigenvalue weighted by Crippen LogP contribution is -2.46. The van der Waals surface area contributed by atoms with E-state index in [1.165, 1.54) is 4.31 Å². The van der Waals surface area contributed by atoms with Gasteiger partial charge in [0.05, 0.1) is 10.9 Å². The highest BCUT2D eigenvalue weighted by Gasteiger charge is 2.36. The number of rotatable bonds is 4. The van der Waals surface area contributed by atoms with Crippen molar-refractivity contribution in [2.24, 2.45) is 0 Å². The van der Waals surface area contributed by atoms with Gasteiger partial charge >= 0.3 is 0 Å². The van der Waals surface area contributed by atoms with Crippen LogP contribution in [0.4, 0.5) is 0 Å². The molecule has 2 rings (SSSR count). The van der Waals surface area contributed by atoms with Gasteiger partial charge in [0.15, 0.2) is 0 Å². The van der Waals surface area contributed by atoms with Crippen LogP contribution in [0.15, 0.2) is 29.2 Å². The summed E-state index contributed by atoms with van der Waals surface area (Å²) in [6.07, 6.45) is 2.13. The van der Waals surface area contributed by atoms with Crippen LogP contribution in [0.1, 0.15) is 24.8 Å². The number of hydrogen-bond acceptors (Lipinski definition) is 4. The number of aryl methyl sites for hydroxylation is 1. The molecule has 6 nitrogen and oxygen atoms in total. The van der Waals surface area contributed by atoms with Crippen molar-refractivity contribution in [1.29, 1.82) is 0 Å². The Bertz CT molecular complexity index is 583. The van der Waals surface area contributed by atoms with Crippen LogP contribution in [0.3, 0.4) is 0 Å². The largest absolute Gasteiger partial charge is 0.264 e. The molecule has 110 valence electrons. The molecular weight excluding hydrogens is 280 g/mol. The zero-order valence-corrected chi connectivity index (χ0v) is 12.2. The van der Waals surface area contributed by atoms with Gasteiger partial charge in [0.1, 0.15) is 0 Å². The summed E-state index contributed by atoms with van der Waals surface area (Å²) in [4.78, 5) is 10.5. The Morgan fingerprint density at radius 3 is 2.55 bits per heavy atom. The van der Waals surface area contributed by atoms with Crippen molar-refractivity contribution in [2.75, 3.05) is 13.1 Å². The molecule has 1 saturated heterocycles. The van der Waals surface area contributed by atoms with Crippen LogP contribution in [-0.4, -0.2) is 36.8 Å². The maximum atomic E-state index is 12.6. The number of benzene rings is 1. The van der Waals surface area contributed by atoms with E-state index in [0.717, 1.165) is 18.4 Å². The van der Waals surface area contributed by atoms with Gasteiger partial charge in [0.25, 0.3) is 0 Å². The molecule has 0 radical (unpaired) electrons. The Kier molecular flexibility index (Phi) is 4.39. The third-order valence-electron chi connectivity index (χ3n) is 3.56. The average Bonchev–Trinajstić information content (AvgIpc) is 2.39. The first kappa shape index (κ1) is 14.9. The van der Waals surface area contributed by atoms with Crippen molar-refractivity contribution in [3.8, 4) is 0 Å². The molecule has 0 N–H and O–H groups in total. The highest BCUT2D eigenvalue weighted by molar-refractivity contribution is 7.89. The van der Waals surface area contributed by atoms with Gasteiger partial charge < -0.3 is 0 Å². The summed E-state index contributed by atoms with van der Waals surface area (Å²) in [5.74, 6) is 0. The maximum Gasteiger partial charge on any atom is 0.243 e. The zero-order valence-electron chi connectivity index (χ0n) is 11.4. The van der Waals surface area contributed by atoms with Crippen LogP contribution >= 0.6 is 0 Å². The van der Waals surface area contributed by atoms with E-state index in [-0.39, 0.29) is 11.4 Å². The van der Waals surface area contributed by atoms with Crippen LogP contribution in [0.5, 0.6) is 0 Å². The summed E-state index contributed by atoms with van der Waals surface area (Å²) >= 11 is 0. The van der Waals surface area contributed by atoms with Gasteiger partial charge in [-0.3, -0.25) is 10.1 Å². The van der Waals surface area contributed by atoms with E-state index < -0.39 is 21.0 Å². The molecule has 7 heteroatoms. The molecule has 1 aromatic rings. The third kappa shape index (κ3) is 3.16. The molecule has 1 heterocycles. The predicted molar refractivity (Wildman–Crippen MR) is 74.6 cm³/mol. The first-order valence-corrected chi connectivity index (χ1v) is 8.05. The summed E-state index contributed by atoms with van der Waals surface area (Å²) in [6.45, 7) is 1.91. The van der Waals surface area contributed by atoms with Crippen molar-refractivity contribution in [3.63, 3.8) is 0 Å². The van der Waals surface area contributed by atoms with Crippen molar-refractivity contribution >= 4 is 10.0 Å². The minimum absolute atomic E-state index is 0.207. The Morgan fingerprint density at radius 1 is 1.30 bits per heavy atom. The number of sulfonamides is 1. The fraction of sp³-hybridized carbons (Fsp3) is 0.538. The van der Waals surface area contributed by atoms with Gasteiger partial charge in [-0.05, 0) is 31.9 Å². The fourth-order valence-corrected chi connectivity index (χ4v) is 4.18.